The van der Waals surface area contributed by atoms with E-state index in [0.29, 0.717) is 29.4 Å². The smallest absolute Gasteiger partial charge is 0.273 e. The topological polar surface area (TPSA) is 70.7 Å². The summed E-state index contributed by atoms with van der Waals surface area (Å²) in [4.78, 5) is 13.3. The summed E-state index contributed by atoms with van der Waals surface area (Å²) in [5, 5.41) is 11.5. The second-order valence-corrected chi connectivity index (χ2v) is 9.64. The van der Waals surface area contributed by atoms with Crippen molar-refractivity contribution in [1.29, 1.82) is 0 Å². The fourth-order valence-corrected chi connectivity index (χ4v) is 5.45. The molecule has 0 aliphatic carbocycles. The maximum Gasteiger partial charge on any atom is 0.273 e. The standard InChI is InChI=1S/C25H24N4O3S2/c1-3-12-32-19-9-7-17(8-10-19)15-28-23(30)22-21(11-13-33-22)29-24(28)26-27-25(29)34-16-18-5-4-6-20(14-18)31-2/h4-11,13-14H,3,12,15-16H2,1-2H3. The molecule has 0 aliphatic rings. The third-order valence-electron chi connectivity index (χ3n) is 5.42. The number of methoxy groups -OCH3 is 1. The minimum atomic E-state index is -0.0550. The first-order valence-electron chi connectivity index (χ1n) is 11.0. The van der Waals surface area contributed by atoms with Crippen LogP contribution in [-0.4, -0.2) is 32.9 Å². The Kier molecular flexibility index (Phi) is 6.55. The SMILES string of the molecule is CCCOc1ccc(Cn2c(=O)c3sccc3n3c(SCc4cccc(OC)c4)nnc23)cc1. The van der Waals surface area contributed by atoms with Crippen LogP contribution in [0.2, 0.25) is 0 Å². The lowest BCUT2D eigenvalue weighted by atomic mass is 10.2. The van der Waals surface area contributed by atoms with Crippen LogP contribution in [0.3, 0.4) is 0 Å². The molecule has 0 saturated carbocycles. The van der Waals surface area contributed by atoms with Crippen LogP contribution in [0.15, 0.2) is 69.9 Å². The van der Waals surface area contributed by atoms with E-state index in [1.165, 1.54) is 11.3 Å². The largest absolute Gasteiger partial charge is 0.497 e. The number of benzene rings is 2. The van der Waals surface area contributed by atoms with Crippen LogP contribution >= 0.6 is 23.1 Å². The number of hydrogen-bond donors (Lipinski definition) is 0. The number of thiophene rings is 1. The molecule has 0 bridgehead atoms. The Labute approximate surface area is 205 Å². The van der Waals surface area contributed by atoms with Crippen LogP contribution in [0.4, 0.5) is 0 Å². The highest BCUT2D eigenvalue weighted by Crippen LogP contribution is 2.28. The number of fused-ring (bicyclic) bond motifs is 3. The van der Waals surface area contributed by atoms with Gasteiger partial charge >= 0.3 is 0 Å². The maximum atomic E-state index is 13.3. The molecule has 0 radical (unpaired) electrons. The Hall–Kier alpha value is -3.30. The third-order valence-corrected chi connectivity index (χ3v) is 7.31. The van der Waals surface area contributed by atoms with E-state index >= 15 is 0 Å². The number of hydrogen-bond acceptors (Lipinski definition) is 7. The molecule has 5 rings (SSSR count). The quantitative estimate of drug-likeness (QED) is 0.262. The molecule has 0 atom stereocenters. The van der Waals surface area contributed by atoms with Gasteiger partial charge in [0, 0.05) is 5.75 Å². The fraction of sp³-hybridized carbons (Fsp3) is 0.240. The van der Waals surface area contributed by atoms with Crippen molar-refractivity contribution in [1.82, 2.24) is 19.2 Å². The summed E-state index contributed by atoms with van der Waals surface area (Å²) in [5.41, 5.74) is 2.90. The van der Waals surface area contributed by atoms with Crippen LogP contribution in [0.25, 0.3) is 16.0 Å². The van der Waals surface area contributed by atoms with E-state index in [2.05, 4.69) is 23.2 Å². The molecule has 5 aromatic rings. The van der Waals surface area contributed by atoms with Gasteiger partial charge in [0.25, 0.3) is 5.56 Å². The van der Waals surface area contributed by atoms with E-state index in [0.717, 1.165) is 39.7 Å². The number of thioether (sulfide) groups is 1. The van der Waals surface area contributed by atoms with Crippen LogP contribution in [0, 0.1) is 0 Å². The van der Waals surface area contributed by atoms with E-state index in [-0.39, 0.29) is 5.56 Å². The zero-order valence-corrected chi connectivity index (χ0v) is 20.6. The minimum Gasteiger partial charge on any atom is -0.497 e. The molecule has 7 nitrogen and oxygen atoms in total. The van der Waals surface area contributed by atoms with E-state index in [9.17, 15) is 4.79 Å². The molecule has 0 aliphatic heterocycles. The molecule has 0 fully saturated rings. The average molecular weight is 493 g/mol. The zero-order valence-electron chi connectivity index (χ0n) is 18.9. The molecule has 0 spiro atoms. The Morgan fingerprint density at radius 2 is 1.88 bits per heavy atom. The zero-order chi connectivity index (χ0) is 23.5. The van der Waals surface area contributed by atoms with Crippen molar-refractivity contribution in [3.05, 3.63) is 81.5 Å². The number of ether oxygens (including phenoxy) is 2. The Bertz CT molecular complexity index is 1490. The average Bonchev–Trinajstić information content (AvgIpc) is 3.52. The first-order chi connectivity index (χ1) is 16.7. The van der Waals surface area contributed by atoms with Crippen LogP contribution < -0.4 is 15.0 Å². The lowest BCUT2D eigenvalue weighted by molar-refractivity contribution is 0.317. The number of aromatic nitrogens is 4. The molecule has 3 heterocycles. The summed E-state index contributed by atoms with van der Waals surface area (Å²) in [7, 11) is 1.66. The van der Waals surface area contributed by atoms with Gasteiger partial charge in [0.05, 0.1) is 25.8 Å². The lowest BCUT2D eigenvalue weighted by Gasteiger charge is -2.10. The van der Waals surface area contributed by atoms with Crippen molar-refractivity contribution in [2.45, 2.75) is 30.8 Å². The van der Waals surface area contributed by atoms with Gasteiger partial charge in [-0.05, 0) is 53.3 Å². The maximum absolute atomic E-state index is 13.3. The summed E-state index contributed by atoms with van der Waals surface area (Å²) >= 11 is 3.03. The van der Waals surface area contributed by atoms with Crippen LogP contribution in [-0.2, 0) is 12.3 Å². The van der Waals surface area contributed by atoms with Gasteiger partial charge in [-0.1, -0.05) is 43.0 Å². The molecule has 2 aromatic carbocycles. The monoisotopic (exact) mass is 492 g/mol. The van der Waals surface area contributed by atoms with Gasteiger partial charge in [0.1, 0.15) is 16.2 Å². The van der Waals surface area contributed by atoms with Crippen molar-refractivity contribution in [3.8, 4) is 11.5 Å². The normalized spacial score (nSPS) is 11.4. The summed E-state index contributed by atoms with van der Waals surface area (Å²) in [5.74, 6) is 2.90. The van der Waals surface area contributed by atoms with Crippen molar-refractivity contribution in [2.75, 3.05) is 13.7 Å². The molecular weight excluding hydrogens is 468 g/mol. The molecule has 9 heteroatoms. The van der Waals surface area contributed by atoms with Crippen LogP contribution in [0.1, 0.15) is 24.5 Å². The molecular formula is C25H24N4O3S2. The third kappa shape index (κ3) is 4.41. The van der Waals surface area contributed by atoms with Crippen LogP contribution in [0.5, 0.6) is 11.5 Å². The summed E-state index contributed by atoms with van der Waals surface area (Å²) < 4.78 is 15.4. The number of rotatable bonds is 9. The molecule has 0 unspecified atom stereocenters. The number of nitrogens with zero attached hydrogens (tertiary/aromatic N) is 4. The van der Waals surface area contributed by atoms with Gasteiger partial charge in [-0.2, -0.15) is 0 Å². The van der Waals surface area contributed by atoms with Gasteiger partial charge in [-0.25, -0.2) is 0 Å². The Morgan fingerprint density at radius 1 is 1.03 bits per heavy atom. The van der Waals surface area contributed by atoms with Gasteiger partial charge in [0.15, 0.2) is 5.16 Å². The van der Waals surface area contributed by atoms with Gasteiger partial charge in [-0.15, -0.1) is 21.5 Å². The van der Waals surface area contributed by atoms with Crippen molar-refractivity contribution in [3.63, 3.8) is 0 Å². The molecule has 34 heavy (non-hydrogen) atoms. The van der Waals surface area contributed by atoms with Crippen molar-refractivity contribution < 1.29 is 9.47 Å². The van der Waals surface area contributed by atoms with Gasteiger partial charge < -0.3 is 9.47 Å². The lowest BCUT2D eigenvalue weighted by Crippen LogP contribution is -2.23. The molecule has 3 aromatic heterocycles. The second-order valence-electron chi connectivity index (χ2n) is 7.78. The summed E-state index contributed by atoms with van der Waals surface area (Å²) in [6.45, 7) is 3.17. The highest BCUT2D eigenvalue weighted by molar-refractivity contribution is 7.98. The van der Waals surface area contributed by atoms with Crippen molar-refractivity contribution in [2.24, 2.45) is 0 Å². The summed E-state index contributed by atoms with van der Waals surface area (Å²) in [6, 6.07) is 17.8. The van der Waals surface area contributed by atoms with Gasteiger partial charge in [-0.3, -0.25) is 13.8 Å². The van der Waals surface area contributed by atoms with E-state index in [1.54, 1.807) is 23.4 Å². The molecule has 174 valence electrons. The van der Waals surface area contributed by atoms with E-state index in [4.69, 9.17) is 9.47 Å². The minimum absolute atomic E-state index is 0.0550. The van der Waals surface area contributed by atoms with Gasteiger partial charge in [0.2, 0.25) is 5.78 Å². The highest BCUT2D eigenvalue weighted by atomic mass is 32.2. The van der Waals surface area contributed by atoms with E-state index in [1.807, 2.05) is 58.3 Å². The molecule has 0 amide bonds. The Balaban J connectivity index is 1.49. The predicted octanol–water partition coefficient (Wildman–Crippen LogP) is 5.24. The predicted molar refractivity (Wildman–Crippen MR) is 137 cm³/mol. The molecule has 0 saturated heterocycles. The van der Waals surface area contributed by atoms with Crippen molar-refractivity contribution >= 4 is 39.1 Å². The second kappa shape index (κ2) is 9.90. The molecule has 0 N–H and O–H groups in total. The fourth-order valence-electron chi connectivity index (χ4n) is 3.74. The Morgan fingerprint density at radius 3 is 2.68 bits per heavy atom. The first-order valence-corrected chi connectivity index (χ1v) is 12.9. The highest BCUT2D eigenvalue weighted by Gasteiger charge is 2.18. The first kappa shape index (κ1) is 22.5. The summed E-state index contributed by atoms with van der Waals surface area (Å²) in [6.07, 6.45) is 0.959. The van der Waals surface area contributed by atoms with E-state index < -0.39 is 0 Å².